The van der Waals surface area contributed by atoms with Gasteiger partial charge in [-0.05, 0) is 35.9 Å². The van der Waals surface area contributed by atoms with Crippen molar-refractivity contribution in [2.45, 2.75) is 13.1 Å². The molecule has 0 aliphatic carbocycles. The van der Waals surface area contributed by atoms with Crippen LogP contribution >= 0.6 is 15.9 Å². The number of halogens is 1. The average Bonchev–Trinajstić information content (AvgIpc) is 3.23. The summed E-state index contributed by atoms with van der Waals surface area (Å²) in [6.07, 6.45) is 0. The number of fused-ring (bicyclic) bond motifs is 1. The van der Waals surface area contributed by atoms with Gasteiger partial charge in [0.1, 0.15) is 0 Å². The van der Waals surface area contributed by atoms with Gasteiger partial charge < -0.3 is 19.2 Å². The molecule has 1 N–H and O–H groups in total. The van der Waals surface area contributed by atoms with E-state index >= 15 is 0 Å². The molecule has 0 unspecified atom stereocenters. The first-order chi connectivity index (χ1) is 11.8. The summed E-state index contributed by atoms with van der Waals surface area (Å²) >= 11 is 3.43. The van der Waals surface area contributed by atoms with Crippen LogP contribution in [0, 0.1) is 0 Å². The second-order valence-corrected chi connectivity index (χ2v) is 6.22. The Morgan fingerprint density at radius 1 is 1.00 bits per heavy atom. The second kappa shape index (κ2) is 6.62. The molecule has 0 bridgehead atoms. The molecule has 7 heteroatoms. The number of hydrogen-bond acceptors (Lipinski definition) is 6. The lowest BCUT2D eigenvalue weighted by molar-refractivity contribution is 0.174. The molecule has 1 aliphatic rings. The molecule has 1 aliphatic heterocycles. The highest BCUT2D eigenvalue weighted by atomic mass is 79.9. The summed E-state index contributed by atoms with van der Waals surface area (Å²) in [5, 5.41) is 11.4. The van der Waals surface area contributed by atoms with Crippen molar-refractivity contribution in [1.29, 1.82) is 0 Å². The van der Waals surface area contributed by atoms with E-state index in [2.05, 4.69) is 31.4 Å². The van der Waals surface area contributed by atoms with E-state index in [-0.39, 0.29) is 6.79 Å². The molecule has 3 aromatic rings. The summed E-state index contributed by atoms with van der Waals surface area (Å²) in [6, 6.07) is 13.6. The van der Waals surface area contributed by atoms with Crippen LogP contribution in [0.2, 0.25) is 0 Å². The highest BCUT2D eigenvalue weighted by Crippen LogP contribution is 2.32. The van der Waals surface area contributed by atoms with Crippen LogP contribution in [0.1, 0.15) is 11.5 Å². The molecule has 0 amide bonds. The van der Waals surface area contributed by atoms with Crippen molar-refractivity contribution >= 4 is 15.9 Å². The van der Waals surface area contributed by atoms with Gasteiger partial charge in [0.25, 0.3) is 0 Å². The van der Waals surface area contributed by atoms with E-state index < -0.39 is 0 Å². The first-order valence-corrected chi connectivity index (χ1v) is 8.25. The number of nitrogens with zero attached hydrogens (tertiary/aromatic N) is 2. The number of nitrogens with one attached hydrogen (secondary N) is 1. The zero-order chi connectivity index (χ0) is 16.4. The first-order valence-electron chi connectivity index (χ1n) is 7.45. The van der Waals surface area contributed by atoms with Gasteiger partial charge in [-0.25, -0.2) is 0 Å². The zero-order valence-corrected chi connectivity index (χ0v) is 14.2. The third-order valence-corrected chi connectivity index (χ3v) is 4.07. The Kier molecular flexibility index (Phi) is 4.18. The van der Waals surface area contributed by atoms with Crippen molar-refractivity contribution in [3.63, 3.8) is 0 Å². The van der Waals surface area contributed by atoms with Gasteiger partial charge in [0.15, 0.2) is 11.5 Å². The fourth-order valence-electron chi connectivity index (χ4n) is 2.43. The number of rotatable bonds is 5. The molecule has 0 atom stereocenters. The molecular formula is C17H14BrN3O3. The minimum Gasteiger partial charge on any atom is -0.454 e. The van der Waals surface area contributed by atoms with E-state index in [0.29, 0.717) is 24.9 Å². The number of benzene rings is 2. The summed E-state index contributed by atoms with van der Waals surface area (Å²) in [5.41, 5.74) is 1.99. The molecule has 24 heavy (non-hydrogen) atoms. The Morgan fingerprint density at radius 2 is 1.92 bits per heavy atom. The molecule has 2 heterocycles. The van der Waals surface area contributed by atoms with Crippen LogP contribution in [0.3, 0.4) is 0 Å². The predicted octanol–water partition coefficient (Wildman–Crippen LogP) is 3.52. The van der Waals surface area contributed by atoms with Gasteiger partial charge in [-0.1, -0.05) is 28.1 Å². The quantitative estimate of drug-likeness (QED) is 0.722. The van der Waals surface area contributed by atoms with Crippen LogP contribution in [0.25, 0.3) is 11.5 Å². The molecule has 122 valence electrons. The topological polar surface area (TPSA) is 69.4 Å². The van der Waals surface area contributed by atoms with E-state index in [1.54, 1.807) is 0 Å². The zero-order valence-electron chi connectivity index (χ0n) is 12.7. The maximum Gasteiger partial charge on any atom is 0.247 e. The molecule has 2 aromatic carbocycles. The van der Waals surface area contributed by atoms with Gasteiger partial charge in [0, 0.05) is 16.6 Å². The van der Waals surface area contributed by atoms with Crippen molar-refractivity contribution in [3.8, 4) is 23.0 Å². The van der Waals surface area contributed by atoms with E-state index in [0.717, 1.165) is 27.1 Å². The Bertz CT molecular complexity index is 866. The normalized spacial score (nSPS) is 12.5. The highest BCUT2D eigenvalue weighted by Gasteiger charge is 2.13. The van der Waals surface area contributed by atoms with Crippen molar-refractivity contribution < 1.29 is 13.9 Å². The molecule has 4 rings (SSSR count). The van der Waals surface area contributed by atoms with Crippen LogP contribution in [0.15, 0.2) is 51.4 Å². The van der Waals surface area contributed by atoms with Gasteiger partial charge in [-0.2, -0.15) is 0 Å². The van der Waals surface area contributed by atoms with E-state index in [1.807, 2.05) is 42.5 Å². The maximum absolute atomic E-state index is 5.69. The lowest BCUT2D eigenvalue weighted by atomic mass is 10.2. The van der Waals surface area contributed by atoms with Gasteiger partial charge in [0.2, 0.25) is 18.6 Å². The Morgan fingerprint density at radius 3 is 2.83 bits per heavy atom. The number of ether oxygens (including phenoxy) is 2. The monoisotopic (exact) mass is 387 g/mol. The molecular weight excluding hydrogens is 374 g/mol. The standard InChI is InChI=1S/C17H14BrN3O3/c18-13-3-1-2-12(7-13)17-21-20-16(24-17)9-19-8-11-4-5-14-15(6-11)23-10-22-14/h1-7,19H,8-10H2. The highest BCUT2D eigenvalue weighted by molar-refractivity contribution is 9.10. The van der Waals surface area contributed by atoms with Crippen molar-refractivity contribution in [2.24, 2.45) is 0 Å². The average molecular weight is 388 g/mol. The summed E-state index contributed by atoms with van der Waals surface area (Å²) in [4.78, 5) is 0. The van der Waals surface area contributed by atoms with E-state index in [4.69, 9.17) is 13.9 Å². The lowest BCUT2D eigenvalue weighted by Gasteiger charge is -2.03. The summed E-state index contributed by atoms with van der Waals surface area (Å²) < 4.78 is 17.3. The molecule has 0 saturated carbocycles. The van der Waals surface area contributed by atoms with Crippen LogP contribution in [0.5, 0.6) is 11.5 Å². The fourth-order valence-corrected chi connectivity index (χ4v) is 2.83. The predicted molar refractivity (Wildman–Crippen MR) is 90.5 cm³/mol. The van der Waals surface area contributed by atoms with E-state index in [1.165, 1.54) is 0 Å². The van der Waals surface area contributed by atoms with Gasteiger partial charge in [-0.15, -0.1) is 10.2 Å². The molecule has 0 radical (unpaired) electrons. The van der Waals surface area contributed by atoms with E-state index in [9.17, 15) is 0 Å². The summed E-state index contributed by atoms with van der Waals surface area (Å²) in [7, 11) is 0. The largest absolute Gasteiger partial charge is 0.454 e. The fraction of sp³-hybridized carbons (Fsp3) is 0.176. The molecule has 0 saturated heterocycles. The third kappa shape index (κ3) is 3.27. The smallest absolute Gasteiger partial charge is 0.247 e. The number of hydrogen-bond donors (Lipinski definition) is 1. The Labute approximate surface area is 146 Å². The first kappa shape index (κ1) is 15.2. The van der Waals surface area contributed by atoms with Crippen molar-refractivity contribution in [2.75, 3.05) is 6.79 Å². The molecule has 0 fully saturated rings. The summed E-state index contributed by atoms with van der Waals surface area (Å²) in [6.45, 7) is 1.45. The molecule has 0 spiro atoms. The minimum absolute atomic E-state index is 0.284. The maximum atomic E-state index is 5.69. The van der Waals surface area contributed by atoms with Crippen LogP contribution < -0.4 is 14.8 Å². The number of aromatic nitrogens is 2. The SMILES string of the molecule is Brc1cccc(-c2nnc(CNCc3ccc4c(c3)OCO4)o2)c1. The van der Waals surface area contributed by atoms with Crippen LogP contribution in [-0.2, 0) is 13.1 Å². The van der Waals surface area contributed by atoms with Crippen LogP contribution in [-0.4, -0.2) is 17.0 Å². The third-order valence-electron chi connectivity index (χ3n) is 3.58. The molecule has 1 aromatic heterocycles. The summed E-state index contributed by atoms with van der Waals surface area (Å²) in [5.74, 6) is 2.63. The van der Waals surface area contributed by atoms with Gasteiger partial charge in [-0.3, -0.25) is 0 Å². The lowest BCUT2D eigenvalue weighted by Crippen LogP contribution is -2.12. The minimum atomic E-state index is 0.284. The Balaban J connectivity index is 1.37. The van der Waals surface area contributed by atoms with Crippen molar-refractivity contribution in [1.82, 2.24) is 15.5 Å². The molecule has 6 nitrogen and oxygen atoms in total. The Hall–Kier alpha value is -2.38. The van der Waals surface area contributed by atoms with Crippen molar-refractivity contribution in [3.05, 3.63) is 58.4 Å². The van der Waals surface area contributed by atoms with Gasteiger partial charge in [0.05, 0.1) is 6.54 Å². The van der Waals surface area contributed by atoms with Gasteiger partial charge >= 0.3 is 0 Å². The second-order valence-electron chi connectivity index (χ2n) is 5.30. The van der Waals surface area contributed by atoms with Crippen LogP contribution in [0.4, 0.5) is 0 Å².